The topological polar surface area (TPSA) is 61.8 Å². The molecule has 0 N–H and O–H groups in total. The lowest BCUT2D eigenvalue weighted by molar-refractivity contribution is -0.137. The van der Waals surface area contributed by atoms with Crippen LogP contribution in [0.4, 0.5) is 0 Å². The van der Waals surface area contributed by atoms with Crippen molar-refractivity contribution in [3.63, 3.8) is 0 Å². The zero-order chi connectivity index (χ0) is 22.6. The molecule has 33 heavy (non-hydrogen) atoms. The molecule has 164 valence electrons. The van der Waals surface area contributed by atoms with E-state index in [1.165, 1.54) is 0 Å². The van der Waals surface area contributed by atoms with Crippen LogP contribution in [-0.4, -0.2) is 18.2 Å². The predicted molar refractivity (Wildman–Crippen MR) is 129 cm³/mol. The molecule has 2 aliphatic heterocycles. The zero-order valence-corrected chi connectivity index (χ0v) is 18.7. The highest BCUT2D eigenvalue weighted by molar-refractivity contribution is 7.55. The quantitative estimate of drug-likeness (QED) is 0.194. The van der Waals surface area contributed by atoms with Crippen LogP contribution in [0.25, 0.3) is 32.7 Å². The van der Waals surface area contributed by atoms with E-state index in [4.69, 9.17) is 13.8 Å². The Bertz CT molecular complexity index is 1400. The van der Waals surface area contributed by atoms with Gasteiger partial charge in [0.15, 0.2) is 0 Å². The summed E-state index contributed by atoms with van der Waals surface area (Å²) in [6.07, 6.45) is 1.72. The summed E-state index contributed by atoms with van der Waals surface area (Å²) in [5, 5.41) is 4.06. The highest BCUT2D eigenvalue weighted by Gasteiger charge is 2.47. The number of ether oxygens (including phenoxy) is 1. The highest BCUT2D eigenvalue weighted by Crippen LogP contribution is 2.62. The van der Waals surface area contributed by atoms with E-state index in [-0.39, 0.29) is 24.9 Å². The van der Waals surface area contributed by atoms with Crippen molar-refractivity contribution in [1.82, 2.24) is 0 Å². The van der Waals surface area contributed by atoms with Crippen molar-refractivity contribution in [2.75, 3.05) is 6.61 Å². The number of hydrogen-bond acceptors (Lipinski definition) is 5. The van der Waals surface area contributed by atoms with Crippen LogP contribution in [0.5, 0.6) is 11.5 Å². The molecule has 2 unspecified atom stereocenters. The van der Waals surface area contributed by atoms with Gasteiger partial charge in [-0.15, -0.1) is 6.58 Å². The van der Waals surface area contributed by atoms with E-state index in [2.05, 4.69) is 6.58 Å². The van der Waals surface area contributed by atoms with Gasteiger partial charge in [-0.2, -0.15) is 0 Å². The molecular weight excluding hydrogens is 435 g/mol. The van der Waals surface area contributed by atoms with Gasteiger partial charge in [0.2, 0.25) is 0 Å². The number of esters is 1. The van der Waals surface area contributed by atoms with Crippen LogP contribution in [-0.2, 0) is 14.1 Å². The third-order valence-electron chi connectivity index (χ3n) is 6.46. The van der Waals surface area contributed by atoms with E-state index >= 15 is 0 Å². The summed E-state index contributed by atoms with van der Waals surface area (Å²) in [5.74, 6) is 0.339. The second kappa shape index (κ2) is 7.50. The maximum Gasteiger partial charge on any atom is 0.437 e. The normalized spacial score (nSPS) is 19.5. The van der Waals surface area contributed by atoms with Crippen molar-refractivity contribution in [1.29, 1.82) is 0 Å². The molecule has 0 amide bonds. The first-order chi connectivity index (χ1) is 16.1. The maximum absolute atomic E-state index is 14.4. The Kier molecular flexibility index (Phi) is 4.56. The molecule has 0 spiro atoms. The summed E-state index contributed by atoms with van der Waals surface area (Å²) in [6, 6.07) is 23.7. The first kappa shape index (κ1) is 20.1. The van der Waals surface area contributed by atoms with Crippen LogP contribution < -0.4 is 9.05 Å². The van der Waals surface area contributed by atoms with E-state index in [1.807, 2.05) is 72.8 Å². The minimum Gasteiger partial charge on any atom is -0.465 e. The van der Waals surface area contributed by atoms with E-state index in [9.17, 15) is 9.36 Å². The van der Waals surface area contributed by atoms with Gasteiger partial charge in [-0.05, 0) is 33.7 Å². The second-order valence-corrected chi connectivity index (χ2v) is 10.5. The van der Waals surface area contributed by atoms with E-state index in [1.54, 1.807) is 6.08 Å². The largest absolute Gasteiger partial charge is 0.465 e. The number of carbonyl (C=O) groups excluding carboxylic acids is 1. The average Bonchev–Trinajstić information content (AvgIpc) is 3.19. The molecule has 2 aliphatic rings. The monoisotopic (exact) mass is 456 g/mol. The highest BCUT2D eigenvalue weighted by atomic mass is 31.2. The van der Waals surface area contributed by atoms with Crippen molar-refractivity contribution in [3.05, 3.63) is 85.5 Å². The van der Waals surface area contributed by atoms with E-state index < -0.39 is 13.3 Å². The Morgan fingerprint density at radius 3 is 1.88 bits per heavy atom. The Morgan fingerprint density at radius 1 is 0.848 bits per heavy atom. The molecule has 5 nitrogen and oxygen atoms in total. The van der Waals surface area contributed by atoms with Crippen LogP contribution in [0.15, 0.2) is 85.5 Å². The maximum atomic E-state index is 14.4. The lowest BCUT2D eigenvalue weighted by Gasteiger charge is -2.27. The molecule has 2 heterocycles. The lowest BCUT2D eigenvalue weighted by Crippen LogP contribution is -2.24. The third kappa shape index (κ3) is 3.15. The molecule has 4 aromatic carbocycles. The fourth-order valence-corrected chi connectivity index (χ4v) is 7.02. The van der Waals surface area contributed by atoms with Gasteiger partial charge in [-0.1, -0.05) is 66.7 Å². The molecule has 0 saturated carbocycles. The average molecular weight is 456 g/mol. The summed E-state index contributed by atoms with van der Waals surface area (Å²) >= 11 is 0. The van der Waals surface area contributed by atoms with Crippen molar-refractivity contribution in [2.45, 2.75) is 12.1 Å². The van der Waals surface area contributed by atoms with Gasteiger partial charge in [-0.3, -0.25) is 4.79 Å². The molecule has 6 heteroatoms. The summed E-state index contributed by atoms with van der Waals surface area (Å²) in [4.78, 5) is 11.8. The Balaban J connectivity index is 1.65. The molecular formula is C27H21O5P. The standard InChI is InChI=1S/C27H21O5P/c1-2-24(19-15-25(28)30-16-19)33(29)31-22-13-11-17-7-3-5-9-20(17)26(22)27-21-10-6-4-8-18(21)12-14-23(27)32-33/h2-14,19,24H,1,15-16H2. The van der Waals surface area contributed by atoms with Crippen molar-refractivity contribution in [2.24, 2.45) is 5.92 Å². The van der Waals surface area contributed by atoms with Crippen molar-refractivity contribution < 1.29 is 23.1 Å². The molecule has 0 aromatic heterocycles. The minimum absolute atomic E-state index is 0.155. The van der Waals surface area contributed by atoms with E-state index in [0.29, 0.717) is 11.5 Å². The van der Waals surface area contributed by atoms with Crippen molar-refractivity contribution >= 4 is 35.1 Å². The second-order valence-electron chi connectivity index (χ2n) is 8.42. The van der Waals surface area contributed by atoms with Crippen LogP contribution in [0, 0.1) is 5.92 Å². The van der Waals surface area contributed by atoms with Gasteiger partial charge >= 0.3 is 13.6 Å². The smallest absolute Gasteiger partial charge is 0.437 e. The number of rotatable bonds is 3. The first-order valence-corrected chi connectivity index (χ1v) is 12.5. The summed E-state index contributed by atoms with van der Waals surface area (Å²) in [5.41, 5.74) is 0.999. The van der Waals surface area contributed by atoms with Gasteiger partial charge in [0.25, 0.3) is 0 Å². The van der Waals surface area contributed by atoms with Gasteiger partial charge in [0.05, 0.1) is 13.0 Å². The summed E-state index contributed by atoms with van der Waals surface area (Å²) < 4.78 is 32.1. The summed E-state index contributed by atoms with van der Waals surface area (Å²) in [7, 11) is -3.81. The molecule has 4 aromatic rings. The minimum atomic E-state index is -3.81. The third-order valence-corrected chi connectivity index (χ3v) is 8.72. The van der Waals surface area contributed by atoms with Crippen LogP contribution in [0.3, 0.4) is 0 Å². The Morgan fingerprint density at radius 2 is 1.39 bits per heavy atom. The molecule has 2 atom stereocenters. The number of carbonyl (C=O) groups is 1. The lowest BCUT2D eigenvalue weighted by atomic mass is 9.92. The molecule has 1 saturated heterocycles. The molecule has 0 radical (unpaired) electrons. The van der Waals surface area contributed by atoms with Gasteiger partial charge < -0.3 is 13.8 Å². The number of allylic oxidation sites excluding steroid dienone is 1. The predicted octanol–water partition coefficient (Wildman–Crippen LogP) is 6.74. The fraction of sp³-hybridized carbons (Fsp3) is 0.148. The Labute approximate surface area is 191 Å². The number of hydrogen-bond donors (Lipinski definition) is 0. The zero-order valence-electron chi connectivity index (χ0n) is 17.8. The molecule has 6 rings (SSSR count). The fourth-order valence-electron chi connectivity index (χ4n) is 4.92. The van der Waals surface area contributed by atoms with Gasteiger partial charge in [0.1, 0.15) is 17.2 Å². The summed E-state index contributed by atoms with van der Waals surface area (Å²) in [6.45, 7) is 4.06. The van der Waals surface area contributed by atoms with Gasteiger partial charge in [0, 0.05) is 17.0 Å². The van der Waals surface area contributed by atoms with E-state index in [0.717, 1.165) is 32.7 Å². The van der Waals surface area contributed by atoms with Crippen LogP contribution in [0.2, 0.25) is 0 Å². The molecule has 0 bridgehead atoms. The SMILES string of the molecule is C=CC(C1COC(=O)C1)P1(=O)Oc2ccc3ccccc3c2-c2c(ccc3ccccc23)O1. The molecule has 0 aliphatic carbocycles. The van der Waals surface area contributed by atoms with Crippen LogP contribution in [0.1, 0.15) is 6.42 Å². The number of fused-ring (bicyclic) bond motifs is 7. The van der Waals surface area contributed by atoms with Gasteiger partial charge in [-0.25, -0.2) is 4.57 Å². The molecule has 1 fully saturated rings. The number of cyclic esters (lactones) is 1. The van der Waals surface area contributed by atoms with Crippen molar-refractivity contribution in [3.8, 4) is 22.6 Å². The number of benzene rings is 4. The first-order valence-electron chi connectivity index (χ1n) is 10.9. The Hall–Kier alpha value is -3.56. The van der Waals surface area contributed by atoms with Crippen LogP contribution >= 0.6 is 7.60 Å².